The summed E-state index contributed by atoms with van der Waals surface area (Å²) in [7, 11) is 1.24. The van der Waals surface area contributed by atoms with Crippen LogP contribution >= 0.6 is 0 Å². The highest BCUT2D eigenvalue weighted by Gasteiger charge is 2.10. The Labute approximate surface area is 109 Å². The van der Waals surface area contributed by atoms with E-state index in [0.29, 0.717) is 11.7 Å². The van der Waals surface area contributed by atoms with Crippen LogP contribution in [0.2, 0.25) is 0 Å². The molecule has 5 heteroatoms. The lowest BCUT2D eigenvalue weighted by molar-refractivity contribution is -0.161. The highest BCUT2D eigenvalue weighted by molar-refractivity contribution is 5.80. The molecule has 0 rings (SSSR count). The van der Waals surface area contributed by atoms with Crippen LogP contribution in [0.15, 0.2) is 0 Å². The second-order valence-electron chi connectivity index (χ2n) is 4.41. The molecule has 0 bridgehead atoms. The zero-order chi connectivity index (χ0) is 13.8. The van der Waals surface area contributed by atoms with Gasteiger partial charge in [0, 0.05) is 13.5 Å². The van der Waals surface area contributed by atoms with Gasteiger partial charge in [-0.2, -0.15) is 0 Å². The Morgan fingerprint density at radius 3 is 2.28 bits per heavy atom. The molecule has 5 nitrogen and oxygen atoms in total. The Morgan fingerprint density at radius 1 is 1.06 bits per heavy atom. The summed E-state index contributed by atoms with van der Waals surface area (Å²) in [6.45, 7) is 2.60. The van der Waals surface area contributed by atoms with Crippen LogP contribution in [0.25, 0.3) is 0 Å². The summed E-state index contributed by atoms with van der Waals surface area (Å²) in [4.78, 5) is 22.2. The van der Waals surface area contributed by atoms with Crippen molar-refractivity contribution in [3.63, 3.8) is 0 Å². The molecule has 0 spiro atoms. The number of unbranched alkanes of at least 4 members (excludes halogenated alkanes) is 5. The number of ether oxygens (including phenoxy) is 1. The molecule has 0 aromatic rings. The summed E-state index contributed by atoms with van der Waals surface area (Å²) in [6.07, 6.45) is 6.87. The van der Waals surface area contributed by atoms with Gasteiger partial charge in [0.05, 0.1) is 13.0 Å². The SMILES string of the molecule is CCCCCCCCOC(=O)CCC(=O)N(C)O. The third-order valence-electron chi connectivity index (χ3n) is 2.66. The molecule has 0 aliphatic carbocycles. The molecule has 18 heavy (non-hydrogen) atoms. The largest absolute Gasteiger partial charge is 0.466 e. The molecular formula is C13H25NO4. The monoisotopic (exact) mass is 259 g/mol. The number of nitrogens with zero attached hydrogens (tertiary/aromatic N) is 1. The molecule has 0 aromatic carbocycles. The van der Waals surface area contributed by atoms with E-state index in [1.165, 1.54) is 32.7 Å². The molecule has 0 unspecified atom stereocenters. The molecule has 0 aromatic heterocycles. The third kappa shape index (κ3) is 10.1. The Balaban J connectivity index is 3.35. The molecule has 0 saturated heterocycles. The van der Waals surface area contributed by atoms with Crippen molar-refractivity contribution >= 4 is 11.9 Å². The van der Waals surface area contributed by atoms with Gasteiger partial charge in [0.2, 0.25) is 5.91 Å². The number of carbonyl (C=O) groups excluding carboxylic acids is 2. The van der Waals surface area contributed by atoms with Crippen LogP contribution in [-0.4, -0.2) is 35.8 Å². The van der Waals surface area contributed by atoms with Gasteiger partial charge in [-0.05, 0) is 6.42 Å². The standard InChI is InChI=1S/C13H25NO4/c1-3-4-5-6-7-8-11-18-13(16)10-9-12(15)14(2)17/h17H,3-11H2,1-2H3. The lowest BCUT2D eigenvalue weighted by atomic mass is 10.1. The number of hydrogen-bond acceptors (Lipinski definition) is 4. The molecule has 1 amide bonds. The first-order valence-corrected chi connectivity index (χ1v) is 6.69. The number of carbonyl (C=O) groups is 2. The molecule has 0 fully saturated rings. The van der Waals surface area contributed by atoms with Crippen LogP contribution in [0, 0.1) is 0 Å². The fourth-order valence-electron chi connectivity index (χ4n) is 1.51. The van der Waals surface area contributed by atoms with E-state index >= 15 is 0 Å². The zero-order valence-corrected chi connectivity index (χ0v) is 11.5. The van der Waals surface area contributed by atoms with Crippen LogP contribution in [0.4, 0.5) is 0 Å². The Kier molecular flexibility index (Phi) is 10.3. The minimum absolute atomic E-state index is 0.0116. The first kappa shape index (κ1) is 16.9. The van der Waals surface area contributed by atoms with Crippen LogP contribution < -0.4 is 0 Å². The first-order valence-electron chi connectivity index (χ1n) is 6.69. The van der Waals surface area contributed by atoms with E-state index in [-0.39, 0.29) is 18.8 Å². The van der Waals surface area contributed by atoms with E-state index in [9.17, 15) is 9.59 Å². The molecule has 1 N–H and O–H groups in total. The quantitative estimate of drug-likeness (QED) is 0.283. The topological polar surface area (TPSA) is 66.8 Å². The highest BCUT2D eigenvalue weighted by atomic mass is 16.5. The van der Waals surface area contributed by atoms with E-state index in [4.69, 9.17) is 9.94 Å². The maximum Gasteiger partial charge on any atom is 0.306 e. The minimum atomic E-state index is -0.480. The Bertz CT molecular complexity index is 241. The van der Waals surface area contributed by atoms with E-state index in [0.717, 1.165) is 12.8 Å². The van der Waals surface area contributed by atoms with Gasteiger partial charge in [0.1, 0.15) is 0 Å². The minimum Gasteiger partial charge on any atom is -0.466 e. The average molecular weight is 259 g/mol. The summed E-state index contributed by atoms with van der Waals surface area (Å²) in [5.74, 6) is -0.856. The molecule has 0 atom stereocenters. The van der Waals surface area contributed by atoms with Gasteiger partial charge in [0.15, 0.2) is 0 Å². The maximum absolute atomic E-state index is 11.2. The van der Waals surface area contributed by atoms with Gasteiger partial charge in [-0.1, -0.05) is 39.0 Å². The average Bonchev–Trinajstić information content (AvgIpc) is 2.34. The van der Waals surface area contributed by atoms with Crippen molar-refractivity contribution in [2.45, 2.75) is 58.3 Å². The van der Waals surface area contributed by atoms with Crippen molar-refractivity contribution in [1.82, 2.24) is 5.06 Å². The molecule has 106 valence electrons. The number of hydroxylamine groups is 2. The first-order chi connectivity index (χ1) is 8.57. The molecular weight excluding hydrogens is 234 g/mol. The van der Waals surface area contributed by atoms with Crippen LogP contribution in [-0.2, 0) is 14.3 Å². The van der Waals surface area contributed by atoms with E-state index in [2.05, 4.69) is 6.92 Å². The summed E-state index contributed by atoms with van der Waals surface area (Å²) in [5, 5.41) is 9.27. The van der Waals surface area contributed by atoms with Crippen molar-refractivity contribution in [3.05, 3.63) is 0 Å². The summed E-state index contributed by atoms with van der Waals surface area (Å²) in [6, 6.07) is 0. The zero-order valence-electron chi connectivity index (χ0n) is 11.5. The van der Waals surface area contributed by atoms with E-state index in [1.54, 1.807) is 0 Å². The number of hydrogen-bond donors (Lipinski definition) is 1. The molecule has 0 heterocycles. The van der Waals surface area contributed by atoms with E-state index in [1.807, 2.05) is 0 Å². The summed E-state index contributed by atoms with van der Waals surface area (Å²) in [5.41, 5.74) is 0. The van der Waals surface area contributed by atoms with Gasteiger partial charge < -0.3 is 4.74 Å². The Morgan fingerprint density at radius 2 is 1.67 bits per heavy atom. The fourth-order valence-corrected chi connectivity index (χ4v) is 1.51. The predicted molar refractivity (Wildman–Crippen MR) is 68.1 cm³/mol. The van der Waals surface area contributed by atoms with Crippen molar-refractivity contribution in [2.75, 3.05) is 13.7 Å². The van der Waals surface area contributed by atoms with Crippen molar-refractivity contribution < 1.29 is 19.5 Å². The molecule has 0 radical (unpaired) electrons. The van der Waals surface area contributed by atoms with Crippen molar-refractivity contribution in [3.8, 4) is 0 Å². The van der Waals surface area contributed by atoms with Gasteiger partial charge in [-0.3, -0.25) is 14.8 Å². The van der Waals surface area contributed by atoms with Crippen LogP contribution in [0.5, 0.6) is 0 Å². The molecule has 0 aliphatic rings. The third-order valence-corrected chi connectivity index (χ3v) is 2.66. The van der Waals surface area contributed by atoms with Crippen molar-refractivity contribution in [1.29, 1.82) is 0 Å². The lowest BCUT2D eigenvalue weighted by Crippen LogP contribution is -2.23. The Hall–Kier alpha value is -1.10. The smallest absolute Gasteiger partial charge is 0.306 e. The second kappa shape index (κ2) is 11.0. The highest BCUT2D eigenvalue weighted by Crippen LogP contribution is 2.05. The summed E-state index contributed by atoms with van der Waals surface area (Å²) >= 11 is 0. The van der Waals surface area contributed by atoms with Gasteiger partial charge in [-0.15, -0.1) is 0 Å². The number of amides is 1. The normalized spacial score (nSPS) is 10.2. The van der Waals surface area contributed by atoms with Gasteiger partial charge >= 0.3 is 5.97 Å². The van der Waals surface area contributed by atoms with Gasteiger partial charge in [-0.25, -0.2) is 5.06 Å². The predicted octanol–water partition coefficient (Wildman–Crippen LogP) is 2.52. The molecule has 0 aliphatic heterocycles. The maximum atomic E-state index is 11.2. The lowest BCUT2D eigenvalue weighted by Gasteiger charge is -2.08. The number of esters is 1. The van der Waals surface area contributed by atoms with Crippen LogP contribution in [0.1, 0.15) is 58.3 Å². The van der Waals surface area contributed by atoms with Crippen LogP contribution in [0.3, 0.4) is 0 Å². The van der Waals surface area contributed by atoms with Crippen molar-refractivity contribution in [2.24, 2.45) is 0 Å². The summed E-state index contributed by atoms with van der Waals surface area (Å²) < 4.78 is 4.99. The van der Waals surface area contributed by atoms with E-state index < -0.39 is 5.91 Å². The fraction of sp³-hybridized carbons (Fsp3) is 0.846. The molecule has 0 saturated carbocycles. The second-order valence-corrected chi connectivity index (χ2v) is 4.41. The number of rotatable bonds is 10. The van der Waals surface area contributed by atoms with Gasteiger partial charge in [0.25, 0.3) is 0 Å².